The van der Waals surface area contributed by atoms with Crippen molar-refractivity contribution in [3.63, 3.8) is 0 Å². The normalized spacial score (nSPS) is 13.4. The Hall–Kier alpha value is -3.98. The maximum absolute atomic E-state index is 13.0. The summed E-state index contributed by atoms with van der Waals surface area (Å²) in [5, 5.41) is 5.99. The van der Waals surface area contributed by atoms with Crippen molar-refractivity contribution in [2.75, 3.05) is 56.8 Å². The lowest BCUT2D eigenvalue weighted by atomic mass is 9.98. The first kappa shape index (κ1) is 27.6. The van der Waals surface area contributed by atoms with Gasteiger partial charge in [0.1, 0.15) is 5.82 Å². The lowest BCUT2D eigenvalue weighted by molar-refractivity contribution is 0.0520. The number of hydrogen-bond acceptors (Lipinski definition) is 8. The second-order valence-electron chi connectivity index (χ2n) is 10.5. The molecule has 1 saturated heterocycles. The van der Waals surface area contributed by atoms with Gasteiger partial charge in [-0.2, -0.15) is 5.10 Å². The van der Waals surface area contributed by atoms with Gasteiger partial charge in [0.2, 0.25) is 0 Å². The minimum atomic E-state index is -0.459. The number of rotatable bonds is 10. The van der Waals surface area contributed by atoms with Crippen LogP contribution >= 0.6 is 0 Å². The molecule has 1 aromatic carbocycles. The topological polar surface area (TPSA) is 85.6 Å². The van der Waals surface area contributed by atoms with E-state index in [2.05, 4.69) is 36.9 Å². The van der Waals surface area contributed by atoms with Gasteiger partial charge in [0.15, 0.2) is 11.3 Å². The second kappa shape index (κ2) is 12.0. The van der Waals surface area contributed by atoms with Crippen molar-refractivity contribution in [1.82, 2.24) is 19.7 Å². The van der Waals surface area contributed by atoms with E-state index in [1.807, 2.05) is 47.1 Å². The largest absolute Gasteiger partial charge is 0.461 e. The van der Waals surface area contributed by atoms with Crippen molar-refractivity contribution >= 4 is 28.5 Å². The molecular weight excluding hydrogens is 504 g/mol. The lowest BCUT2D eigenvalue weighted by Crippen LogP contribution is -2.22. The molecule has 5 rings (SSSR count). The van der Waals surface area contributed by atoms with Crippen molar-refractivity contribution in [2.45, 2.75) is 39.5 Å². The van der Waals surface area contributed by atoms with Crippen LogP contribution in [0.25, 0.3) is 27.8 Å². The smallest absolute Gasteiger partial charge is 0.357 e. The molecule has 3 aromatic heterocycles. The van der Waals surface area contributed by atoms with Gasteiger partial charge in [-0.15, -0.1) is 0 Å². The van der Waals surface area contributed by atoms with E-state index in [1.54, 1.807) is 14.0 Å². The summed E-state index contributed by atoms with van der Waals surface area (Å²) in [5.74, 6) is 0.515. The highest BCUT2D eigenvalue weighted by atomic mass is 16.5. The third-order valence-electron chi connectivity index (χ3n) is 7.32. The first-order valence-corrected chi connectivity index (χ1v) is 14.0. The molecule has 9 nitrogen and oxygen atoms in total. The number of carbonyl (C=O) groups is 1. The van der Waals surface area contributed by atoms with E-state index in [-0.39, 0.29) is 18.2 Å². The van der Waals surface area contributed by atoms with Gasteiger partial charge in [-0.05, 0) is 67.6 Å². The van der Waals surface area contributed by atoms with Crippen molar-refractivity contribution in [1.29, 1.82) is 0 Å². The molecular formula is C31H38N6O3. The van der Waals surface area contributed by atoms with Gasteiger partial charge in [0, 0.05) is 51.2 Å². The van der Waals surface area contributed by atoms with Gasteiger partial charge in [-0.3, -0.25) is 0 Å². The molecule has 0 aliphatic carbocycles. The van der Waals surface area contributed by atoms with E-state index < -0.39 is 5.97 Å². The predicted octanol–water partition coefficient (Wildman–Crippen LogP) is 5.47. The Morgan fingerprint density at radius 2 is 1.88 bits per heavy atom. The van der Waals surface area contributed by atoms with E-state index in [0.717, 1.165) is 53.3 Å². The Morgan fingerprint density at radius 1 is 1.10 bits per heavy atom. The van der Waals surface area contributed by atoms with Crippen LogP contribution in [0.2, 0.25) is 0 Å². The maximum atomic E-state index is 13.0. The molecule has 0 saturated carbocycles. The van der Waals surface area contributed by atoms with Crippen LogP contribution in [0.4, 0.5) is 11.5 Å². The van der Waals surface area contributed by atoms with E-state index in [9.17, 15) is 4.79 Å². The fraction of sp³-hybridized carbons (Fsp3) is 0.419. The number of benzene rings is 1. The number of aromatic nitrogens is 4. The summed E-state index contributed by atoms with van der Waals surface area (Å²) in [6, 6.07) is 14.2. The molecule has 0 amide bonds. The number of esters is 1. The molecule has 0 bridgehead atoms. The van der Waals surface area contributed by atoms with Gasteiger partial charge in [-0.1, -0.05) is 19.9 Å². The highest BCUT2D eigenvalue weighted by Gasteiger charge is 2.24. The molecule has 0 spiro atoms. The molecule has 1 fully saturated rings. The van der Waals surface area contributed by atoms with Gasteiger partial charge in [-0.25, -0.2) is 19.4 Å². The number of ether oxygens (including phenoxy) is 2. The van der Waals surface area contributed by atoms with Crippen LogP contribution < -0.4 is 9.80 Å². The summed E-state index contributed by atoms with van der Waals surface area (Å²) >= 11 is 0. The number of methoxy groups -OCH3 is 1. The number of nitrogens with zero attached hydrogens (tertiary/aromatic N) is 6. The maximum Gasteiger partial charge on any atom is 0.357 e. The molecule has 0 atom stereocenters. The van der Waals surface area contributed by atoms with Crippen LogP contribution in [0, 0.1) is 0 Å². The third-order valence-corrected chi connectivity index (χ3v) is 7.32. The molecule has 0 radical (unpaired) electrons. The summed E-state index contributed by atoms with van der Waals surface area (Å²) in [7, 11) is 3.68. The molecule has 210 valence electrons. The molecule has 1 aliphatic rings. The van der Waals surface area contributed by atoms with Gasteiger partial charge >= 0.3 is 5.97 Å². The Balaban J connectivity index is 1.68. The zero-order chi connectivity index (χ0) is 28.2. The fourth-order valence-electron chi connectivity index (χ4n) is 5.17. The molecule has 4 aromatic rings. The van der Waals surface area contributed by atoms with E-state index in [0.29, 0.717) is 12.3 Å². The summed E-state index contributed by atoms with van der Waals surface area (Å²) in [5.41, 5.74) is 5.62. The number of anilines is 2. The van der Waals surface area contributed by atoms with E-state index in [4.69, 9.17) is 24.5 Å². The average Bonchev–Trinajstić information content (AvgIpc) is 3.65. The van der Waals surface area contributed by atoms with Crippen LogP contribution in [0.3, 0.4) is 0 Å². The zero-order valence-electron chi connectivity index (χ0n) is 24.1. The van der Waals surface area contributed by atoms with Crippen LogP contribution in [-0.4, -0.2) is 72.7 Å². The summed E-state index contributed by atoms with van der Waals surface area (Å²) in [6.07, 6.45) is 4.25. The van der Waals surface area contributed by atoms with E-state index in [1.165, 1.54) is 18.5 Å². The second-order valence-corrected chi connectivity index (χ2v) is 10.5. The Kier molecular flexibility index (Phi) is 8.30. The fourth-order valence-corrected chi connectivity index (χ4v) is 5.17. The van der Waals surface area contributed by atoms with Crippen LogP contribution in [0.5, 0.6) is 0 Å². The zero-order valence-corrected chi connectivity index (χ0v) is 24.1. The minimum absolute atomic E-state index is 0.131. The Bertz CT molecular complexity index is 1470. The monoisotopic (exact) mass is 542 g/mol. The minimum Gasteiger partial charge on any atom is -0.461 e. The highest BCUT2D eigenvalue weighted by molar-refractivity contribution is 6.00. The highest BCUT2D eigenvalue weighted by Crippen LogP contribution is 2.36. The lowest BCUT2D eigenvalue weighted by Gasteiger charge is -2.18. The average molecular weight is 543 g/mol. The van der Waals surface area contributed by atoms with Crippen LogP contribution in [-0.2, 0) is 9.47 Å². The van der Waals surface area contributed by atoms with Crippen LogP contribution in [0.1, 0.15) is 55.7 Å². The summed E-state index contributed by atoms with van der Waals surface area (Å²) in [6.45, 7) is 9.78. The number of pyridine rings is 2. The standard InChI is InChI=1S/C31H38N6O3/c1-6-40-31(38)26-19-25(22-12-13-27(32-20-22)35(4)16-17-39-5)28-29(21(2)3)34-37(30(28)33-26)24-11-9-10-23(18-24)36-14-7-8-15-36/h9-13,18-21H,6-8,14-17H2,1-5H3. The van der Waals surface area contributed by atoms with Gasteiger partial charge in [0.05, 0.1) is 30.0 Å². The number of fused-ring (bicyclic) bond motifs is 1. The quantitative estimate of drug-likeness (QED) is 0.244. The molecule has 1 aliphatic heterocycles. The van der Waals surface area contributed by atoms with Crippen molar-refractivity contribution in [3.05, 3.63) is 60.0 Å². The van der Waals surface area contributed by atoms with E-state index >= 15 is 0 Å². The Morgan fingerprint density at radius 3 is 2.55 bits per heavy atom. The SMILES string of the molecule is CCOC(=O)c1cc(-c2ccc(N(C)CCOC)nc2)c2c(C(C)C)nn(-c3cccc(N4CCCC4)c3)c2n1. The first-order chi connectivity index (χ1) is 19.4. The number of carbonyl (C=O) groups excluding carboxylic acids is 1. The molecule has 0 unspecified atom stereocenters. The van der Waals surface area contributed by atoms with Crippen molar-refractivity contribution < 1.29 is 14.3 Å². The molecule has 40 heavy (non-hydrogen) atoms. The van der Waals surface area contributed by atoms with Crippen molar-refractivity contribution in [2.24, 2.45) is 0 Å². The van der Waals surface area contributed by atoms with Crippen LogP contribution in [0.15, 0.2) is 48.7 Å². The first-order valence-electron chi connectivity index (χ1n) is 14.0. The number of hydrogen-bond donors (Lipinski definition) is 0. The van der Waals surface area contributed by atoms with Gasteiger partial charge in [0.25, 0.3) is 0 Å². The number of likely N-dealkylation sites (N-methyl/N-ethyl adjacent to an activating group) is 1. The summed E-state index contributed by atoms with van der Waals surface area (Å²) in [4.78, 5) is 27.0. The van der Waals surface area contributed by atoms with Crippen molar-refractivity contribution in [3.8, 4) is 16.8 Å². The third kappa shape index (κ3) is 5.51. The summed E-state index contributed by atoms with van der Waals surface area (Å²) < 4.78 is 12.5. The predicted molar refractivity (Wildman–Crippen MR) is 159 cm³/mol. The van der Waals surface area contributed by atoms with Gasteiger partial charge < -0.3 is 19.3 Å². The molecule has 4 heterocycles. The molecule has 0 N–H and O–H groups in total. The molecule has 9 heteroatoms. The Labute approximate surface area is 235 Å².